The highest BCUT2D eigenvalue weighted by atomic mass is 31.2. The summed E-state index contributed by atoms with van der Waals surface area (Å²) >= 11 is 0. The van der Waals surface area contributed by atoms with Crippen molar-refractivity contribution in [2.75, 3.05) is 5.43 Å². The van der Waals surface area contributed by atoms with Crippen molar-refractivity contribution in [1.29, 1.82) is 0 Å². The van der Waals surface area contributed by atoms with E-state index < -0.39 is 19.5 Å². The van der Waals surface area contributed by atoms with Crippen LogP contribution in [-0.2, 0) is 10.7 Å². The van der Waals surface area contributed by atoms with Gasteiger partial charge in [-0.05, 0) is 18.2 Å². The maximum Gasteiger partial charge on any atom is 0.417 e. The van der Waals surface area contributed by atoms with Gasteiger partial charge in [0.1, 0.15) is 0 Å². The van der Waals surface area contributed by atoms with Crippen molar-refractivity contribution < 1.29 is 27.5 Å². The summed E-state index contributed by atoms with van der Waals surface area (Å²) in [6.07, 6.45) is -4.50. The van der Waals surface area contributed by atoms with E-state index in [1.807, 2.05) is 5.43 Å². The van der Waals surface area contributed by atoms with Crippen LogP contribution in [0.25, 0.3) is 0 Å². The SMILES string of the molecule is O=P(O)(O)NNc1cccc(C(F)(F)F)c1. The Kier molecular flexibility index (Phi) is 3.59. The molecule has 0 bridgehead atoms. The summed E-state index contributed by atoms with van der Waals surface area (Å²) in [7, 11) is -4.53. The molecule has 0 fully saturated rings. The Morgan fingerprint density at radius 2 is 1.88 bits per heavy atom. The molecule has 1 aromatic rings. The fourth-order valence-electron chi connectivity index (χ4n) is 0.911. The lowest BCUT2D eigenvalue weighted by Gasteiger charge is -2.11. The summed E-state index contributed by atoms with van der Waals surface area (Å²) in [5.41, 5.74) is 0.973. The number of rotatable bonds is 3. The number of hydrazine groups is 1. The van der Waals surface area contributed by atoms with Gasteiger partial charge in [-0.3, -0.25) is 0 Å². The number of hydrogen-bond donors (Lipinski definition) is 4. The van der Waals surface area contributed by atoms with E-state index in [0.717, 1.165) is 18.2 Å². The minimum absolute atomic E-state index is 0.0989. The Hall–Kier alpha value is -1.08. The smallest absolute Gasteiger partial charge is 0.312 e. The lowest BCUT2D eigenvalue weighted by molar-refractivity contribution is -0.137. The number of nitrogens with one attached hydrogen (secondary N) is 2. The molecule has 0 heterocycles. The van der Waals surface area contributed by atoms with Crippen LogP contribution in [0.1, 0.15) is 5.56 Å². The second-order valence-corrected chi connectivity index (χ2v) is 4.17. The first-order valence-corrected chi connectivity index (χ1v) is 5.56. The number of anilines is 1. The summed E-state index contributed by atoms with van der Waals surface area (Å²) in [5.74, 6) is 0. The fraction of sp³-hybridized carbons (Fsp3) is 0.143. The Bertz CT molecular complexity index is 418. The summed E-state index contributed by atoms with van der Waals surface area (Å²) in [6.45, 7) is 0. The number of alkyl halides is 3. The normalized spacial score (nSPS) is 12.6. The molecular weight excluding hydrogens is 248 g/mol. The Morgan fingerprint density at radius 1 is 1.25 bits per heavy atom. The third-order valence-corrected chi connectivity index (χ3v) is 1.94. The molecule has 0 radical (unpaired) electrons. The molecule has 1 rings (SSSR count). The molecular formula is C7H8F3N2O3P. The molecule has 1 aromatic carbocycles. The van der Waals surface area contributed by atoms with Crippen molar-refractivity contribution in [3.8, 4) is 0 Å². The van der Waals surface area contributed by atoms with Crippen LogP contribution >= 0.6 is 7.75 Å². The van der Waals surface area contributed by atoms with Gasteiger partial charge in [-0.15, -0.1) is 5.20 Å². The zero-order valence-electron chi connectivity index (χ0n) is 7.69. The van der Waals surface area contributed by atoms with E-state index in [1.54, 1.807) is 5.20 Å². The van der Waals surface area contributed by atoms with Crippen molar-refractivity contribution in [2.24, 2.45) is 0 Å². The minimum atomic E-state index is -4.53. The van der Waals surface area contributed by atoms with Gasteiger partial charge in [0.2, 0.25) is 0 Å². The predicted octanol–water partition coefficient (Wildman–Crippen LogP) is 1.71. The largest absolute Gasteiger partial charge is 0.417 e. The van der Waals surface area contributed by atoms with Gasteiger partial charge in [-0.25, -0.2) is 4.57 Å². The molecule has 0 aliphatic rings. The topological polar surface area (TPSA) is 81.6 Å². The van der Waals surface area contributed by atoms with Crippen molar-refractivity contribution in [1.82, 2.24) is 5.20 Å². The highest BCUT2D eigenvalue weighted by Gasteiger charge is 2.30. The molecule has 0 aliphatic heterocycles. The third kappa shape index (κ3) is 4.19. The van der Waals surface area contributed by atoms with Gasteiger partial charge in [-0.1, -0.05) is 6.07 Å². The first kappa shape index (κ1) is 13.0. The second kappa shape index (κ2) is 4.42. The molecule has 0 atom stereocenters. The van der Waals surface area contributed by atoms with E-state index in [9.17, 15) is 17.7 Å². The summed E-state index contributed by atoms with van der Waals surface area (Å²) in [4.78, 5) is 16.8. The van der Waals surface area contributed by atoms with Crippen molar-refractivity contribution >= 4 is 13.4 Å². The molecule has 90 valence electrons. The Morgan fingerprint density at radius 3 is 2.38 bits per heavy atom. The molecule has 0 saturated carbocycles. The first-order chi connectivity index (χ1) is 7.18. The molecule has 5 nitrogen and oxygen atoms in total. The molecule has 4 N–H and O–H groups in total. The number of halogens is 3. The molecule has 0 aliphatic carbocycles. The average Bonchev–Trinajstić information content (AvgIpc) is 2.13. The van der Waals surface area contributed by atoms with Crippen LogP contribution in [0.5, 0.6) is 0 Å². The third-order valence-electron chi connectivity index (χ3n) is 1.54. The quantitative estimate of drug-likeness (QED) is 0.489. The van der Waals surface area contributed by atoms with Gasteiger partial charge >= 0.3 is 13.9 Å². The van der Waals surface area contributed by atoms with Gasteiger partial charge < -0.3 is 15.2 Å². The van der Waals surface area contributed by atoms with Gasteiger partial charge in [0.05, 0.1) is 5.56 Å². The Balaban J connectivity index is 2.80. The standard InChI is InChI=1S/C7H8F3N2O3P/c8-7(9,10)5-2-1-3-6(4-5)11-12-16(13,14)15/h1-4,11H,(H3,12,13,14,15). The molecule has 0 unspecified atom stereocenters. The van der Waals surface area contributed by atoms with E-state index >= 15 is 0 Å². The fourth-order valence-corrected chi connectivity index (χ4v) is 1.19. The highest BCUT2D eigenvalue weighted by Crippen LogP contribution is 2.31. The van der Waals surface area contributed by atoms with E-state index in [1.165, 1.54) is 6.07 Å². The zero-order chi connectivity index (χ0) is 12.4. The zero-order valence-corrected chi connectivity index (χ0v) is 8.59. The minimum Gasteiger partial charge on any atom is -0.312 e. The summed E-state index contributed by atoms with van der Waals surface area (Å²) in [5, 5.41) is 1.57. The van der Waals surface area contributed by atoms with Gasteiger partial charge in [0, 0.05) is 5.69 Å². The predicted molar refractivity (Wildman–Crippen MR) is 50.2 cm³/mol. The van der Waals surface area contributed by atoms with Crippen LogP contribution in [0.3, 0.4) is 0 Å². The number of benzene rings is 1. The summed E-state index contributed by atoms with van der Waals surface area (Å²) < 4.78 is 47.1. The molecule has 0 spiro atoms. The average molecular weight is 256 g/mol. The van der Waals surface area contributed by atoms with Gasteiger partial charge in [0.25, 0.3) is 0 Å². The van der Waals surface area contributed by atoms with Crippen LogP contribution < -0.4 is 10.6 Å². The maximum absolute atomic E-state index is 12.2. The highest BCUT2D eigenvalue weighted by molar-refractivity contribution is 7.49. The monoisotopic (exact) mass is 256 g/mol. The lowest BCUT2D eigenvalue weighted by Crippen LogP contribution is -2.18. The molecule has 0 amide bonds. The lowest BCUT2D eigenvalue weighted by atomic mass is 10.2. The van der Waals surface area contributed by atoms with Gasteiger partial charge in [-0.2, -0.15) is 13.2 Å². The van der Waals surface area contributed by atoms with Crippen LogP contribution in [0.4, 0.5) is 18.9 Å². The van der Waals surface area contributed by atoms with E-state index in [-0.39, 0.29) is 5.69 Å². The number of hydrogen-bond acceptors (Lipinski definition) is 2. The van der Waals surface area contributed by atoms with Crippen molar-refractivity contribution in [3.05, 3.63) is 29.8 Å². The molecule has 9 heteroatoms. The van der Waals surface area contributed by atoms with E-state index in [4.69, 9.17) is 9.79 Å². The second-order valence-electron chi connectivity index (χ2n) is 2.86. The first-order valence-electron chi connectivity index (χ1n) is 3.94. The van der Waals surface area contributed by atoms with E-state index in [2.05, 4.69) is 0 Å². The van der Waals surface area contributed by atoms with Crippen LogP contribution in [0, 0.1) is 0 Å². The van der Waals surface area contributed by atoms with Crippen LogP contribution in [0.15, 0.2) is 24.3 Å². The summed E-state index contributed by atoms with van der Waals surface area (Å²) in [6, 6.07) is 3.93. The Labute approximate surface area is 88.5 Å². The van der Waals surface area contributed by atoms with Gasteiger partial charge in [0.15, 0.2) is 0 Å². The molecule has 16 heavy (non-hydrogen) atoms. The molecule has 0 aromatic heterocycles. The maximum atomic E-state index is 12.2. The molecule has 0 saturated heterocycles. The van der Waals surface area contributed by atoms with Crippen molar-refractivity contribution in [2.45, 2.75) is 6.18 Å². The van der Waals surface area contributed by atoms with E-state index in [0.29, 0.717) is 0 Å². The van der Waals surface area contributed by atoms with Crippen LogP contribution in [-0.4, -0.2) is 9.79 Å². The van der Waals surface area contributed by atoms with Crippen molar-refractivity contribution in [3.63, 3.8) is 0 Å². The van der Waals surface area contributed by atoms with Crippen LogP contribution in [0.2, 0.25) is 0 Å².